The molecular formula is C17H18N2O2. The van der Waals surface area contributed by atoms with Gasteiger partial charge in [0.05, 0.1) is 11.6 Å². The van der Waals surface area contributed by atoms with Crippen LogP contribution >= 0.6 is 0 Å². The van der Waals surface area contributed by atoms with E-state index in [1.165, 1.54) is 5.56 Å². The summed E-state index contributed by atoms with van der Waals surface area (Å²) in [4.78, 5) is 13.9. The maximum Gasteiger partial charge on any atom is 0.417 e. The van der Waals surface area contributed by atoms with Crippen LogP contribution in [0.1, 0.15) is 31.4 Å². The Kier molecular flexibility index (Phi) is 3.77. The van der Waals surface area contributed by atoms with Crippen molar-refractivity contribution >= 4 is 16.8 Å². The monoisotopic (exact) mass is 282 g/mol. The van der Waals surface area contributed by atoms with E-state index in [2.05, 4.69) is 41.5 Å². The Hall–Kier alpha value is -2.49. The van der Waals surface area contributed by atoms with Crippen molar-refractivity contribution in [2.75, 3.05) is 5.32 Å². The van der Waals surface area contributed by atoms with Gasteiger partial charge in [0.15, 0.2) is 5.58 Å². The number of benzene rings is 2. The van der Waals surface area contributed by atoms with Crippen LogP contribution in [-0.4, -0.2) is 4.98 Å². The van der Waals surface area contributed by atoms with E-state index in [1.54, 1.807) is 0 Å². The van der Waals surface area contributed by atoms with E-state index in [0.29, 0.717) is 11.1 Å². The summed E-state index contributed by atoms with van der Waals surface area (Å²) in [5.41, 5.74) is 3.53. The minimum atomic E-state index is -0.421. The molecule has 0 spiro atoms. The highest BCUT2D eigenvalue weighted by Crippen LogP contribution is 2.25. The van der Waals surface area contributed by atoms with Crippen LogP contribution in [0.25, 0.3) is 11.1 Å². The third-order valence-corrected chi connectivity index (χ3v) is 3.54. The van der Waals surface area contributed by atoms with Crippen molar-refractivity contribution in [1.29, 1.82) is 0 Å². The van der Waals surface area contributed by atoms with Gasteiger partial charge in [0.2, 0.25) is 0 Å². The third kappa shape index (κ3) is 2.99. The zero-order chi connectivity index (χ0) is 14.7. The Morgan fingerprint density at radius 3 is 2.76 bits per heavy atom. The second kappa shape index (κ2) is 5.87. The molecule has 0 aliphatic rings. The van der Waals surface area contributed by atoms with Crippen LogP contribution in [0, 0.1) is 0 Å². The molecule has 2 N–H and O–H groups in total. The highest BCUT2D eigenvalue weighted by Gasteiger charge is 2.11. The predicted molar refractivity (Wildman–Crippen MR) is 84.5 cm³/mol. The summed E-state index contributed by atoms with van der Waals surface area (Å²) < 4.78 is 5.02. The fraction of sp³-hybridized carbons (Fsp3) is 0.235. The average Bonchev–Trinajstić information content (AvgIpc) is 2.87. The zero-order valence-electron chi connectivity index (χ0n) is 11.9. The van der Waals surface area contributed by atoms with Gasteiger partial charge in [-0.15, -0.1) is 0 Å². The molecule has 0 aliphatic heterocycles. The van der Waals surface area contributed by atoms with Gasteiger partial charge in [-0.05, 0) is 30.2 Å². The van der Waals surface area contributed by atoms with Crippen molar-refractivity contribution in [1.82, 2.24) is 4.98 Å². The summed E-state index contributed by atoms with van der Waals surface area (Å²) >= 11 is 0. The Labute approximate surface area is 122 Å². The first-order valence-corrected chi connectivity index (χ1v) is 7.20. The molecule has 3 aromatic rings. The van der Waals surface area contributed by atoms with Crippen molar-refractivity contribution < 1.29 is 4.42 Å². The second-order valence-corrected chi connectivity index (χ2v) is 5.12. The van der Waals surface area contributed by atoms with Gasteiger partial charge in [-0.25, -0.2) is 4.79 Å². The molecule has 0 fully saturated rings. The van der Waals surface area contributed by atoms with E-state index in [9.17, 15) is 4.79 Å². The van der Waals surface area contributed by atoms with Crippen LogP contribution in [-0.2, 0) is 0 Å². The summed E-state index contributed by atoms with van der Waals surface area (Å²) in [7, 11) is 0. The first kappa shape index (κ1) is 13.5. The van der Waals surface area contributed by atoms with Gasteiger partial charge in [0.1, 0.15) is 0 Å². The van der Waals surface area contributed by atoms with Crippen LogP contribution in [0.4, 0.5) is 5.69 Å². The van der Waals surface area contributed by atoms with Crippen molar-refractivity contribution in [3.8, 4) is 0 Å². The molecule has 108 valence electrons. The summed E-state index contributed by atoms with van der Waals surface area (Å²) in [6.45, 7) is 2.17. The van der Waals surface area contributed by atoms with Crippen LogP contribution in [0.5, 0.6) is 0 Å². The van der Waals surface area contributed by atoms with Gasteiger partial charge in [0, 0.05) is 5.69 Å². The lowest BCUT2D eigenvalue weighted by Gasteiger charge is -2.20. The van der Waals surface area contributed by atoms with Crippen LogP contribution in [0.3, 0.4) is 0 Å². The number of anilines is 1. The molecule has 0 bridgehead atoms. The lowest BCUT2D eigenvalue weighted by atomic mass is 10.0. The number of H-pyrrole nitrogens is 1. The highest BCUT2D eigenvalue weighted by molar-refractivity contribution is 5.76. The second-order valence-electron chi connectivity index (χ2n) is 5.12. The predicted octanol–water partition coefficient (Wildman–Crippen LogP) is 4.07. The first-order chi connectivity index (χ1) is 10.3. The Morgan fingerprint density at radius 2 is 2.00 bits per heavy atom. The molecule has 0 saturated carbocycles. The minimum absolute atomic E-state index is 0.257. The normalized spacial score (nSPS) is 12.4. The van der Waals surface area contributed by atoms with Gasteiger partial charge in [0.25, 0.3) is 0 Å². The largest absolute Gasteiger partial charge is 0.417 e. The number of aromatic amines is 1. The summed E-state index contributed by atoms with van der Waals surface area (Å²) in [6, 6.07) is 16.3. The van der Waals surface area contributed by atoms with Gasteiger partial charge in [-0.3, -0.25) is 4.98 Å². The molecule has 1 aromatic heterocycles. The smallest absolute Gasteiger partial charge is 0.408 e. The van der Waals surface area contributed by atoms with Gasteiger partial charge < -0.3 is 9.73 Å². The van der Waals surface area contributed by atoms with Crippen molar-refractivity contribution in [3.63, 3.8) is 0 Å². The molecule has 0 amide bonds. The van der Waals surface area contributed by atoms with E-state index < -0.39 is 5.76 Å². The van der Waals surface area contributed by atoms with Crippen LogP contribution < -0.4 is 11.1 Å². The van der Waals surface area contributed by atoms with E-state index in [4.69, 9.17) is 4.42 Å². The van der Waals surface area contributed by atoms with E-state index in [0.717, 1.165) is 18.5 Å². The number of aromatic nitrogens is 1. The molecule has 0 saturated heterocycles. The molecule has 3 rings (SSSR count). The number of nitrogens with one attached hydrogen (secondary N) is 2. The summed E-state index contributed by atoms with van der Waals surface area (Å²) in [6.07, 6.45) is 2.14. The fourth-order valence-corrected chi connectivity index (χ4v) is 2.54. The fourth-order valence-electron chi connectivity index (χ4n) is 2.54. The summed E-state index contributed by atoms with van der Waals surface area (Å²) in [5, 5.41) is 3.53. The van der Waals surface area contributed by atoms with Crippen LogP contribution in [0.2, 0.25) is 0 Å². The quantitative estimate of drug-likeness (QED) is 0.741. The Balaban J connectivity index is 1.88. The lowest BCUT2D eigenvalue weighted by molar-refractivity contribution is 0.555. The van der Waals surface area contributed by atoms with Crippen molar-refractivity contribution in [2.45, 2.75) is 25.8 Å². The van der Waals surface area contributed by atoms with Gasteiger partial charge in [-0.1, -0.05) is 43.7 Å². The number of oxazole rings is 1. The highest BCUT2D eigenvalue weighted by atomic mass is 16.4. The molecule has 4 heteroatoms. The SMILES string of the molecule is CCCC(Nc1ccc2oc(=O)[nH]c2c1)c1ccccc1. The van der Waals surface area contributed by atoms with E-state index in [-0.39, 0.29) is 6.04 Å². The molecule has 1 heterocycles. The topological polar surface area (TPSA) is 58.0 Å². The Morgan fingerprint density at radius 1 is 1.19 bits per heavy atom. The molecule has 4 nitrogen and oxygen atoms in total. The molecular weight excluding hydrogens is 264 g/mol. The van der Waals surface area contributed by atoms with E-state index in [1.807, 2.05) is 24.3 Å². The average molecular weight is 282 g/mol. The van der Waals surface area contributed by atoms with Crippen molar-refractivity contribution in [3.05, 3.63) is 64.6 Å². The van der Waals surface area contributed by atoms with Gasteiger partial charge >= 0.3 is 5.76 Å². The molecule has 21 heavy (non-hydrogen) atoms. The minimum Gasteiger partial charge on any atom is -0.408 e. The van der Waals surface area contributed by atoms with Crippen LogP contribution in [0.15, 0.2) is 57.7 Å². The van der Waals surface area contributed by atoms with E-state index >= 15 is 0 Å². The molecule has 2 aromatic carbocycles. The third-order valence-electron chi connectivity index (χ3n) is 3.54. The lowest BCUT2D eigenvalue weighted by Crippen LogP contribution is -2.10. The van der Waals surface area contributed by atoms with Crippen molar-refractivity contribution in [2.24, 2.45) is 0 Å². The standard InChI is InChI=1S/C17H18N2O2/c1-2-6-14(12-7-4-3-5-8-12)18-13-9-10-16-15(11-13)19-17(20)21-16/h3-5,7-11,14,18H,2,6H2,1H3,(H,19,20). The number of hydrogen-bond donors (Lipinski definition) is 2. The number of hydrogen-bond acceptors (Lipinski definition) is 3. The number of fused-ring (bicyclic) bond motifs is 1. The summed E-state index contributed by atoms with van der Waals surface area (Å²) in [5.74, 6) is -0.421. The first-order valence-electron chi connectivity index (χ1n) is 7.20. The Bertz CT molecular complexity index is 774. The molecule has 1 atom stereocenters. The number of rotatable bonds is 5. The zero-order valence-corrected chi connectivity index (χ0v) is 11.9. The molecule has 1 unspecified atom stereocenters. The van der Waals surface area contributed by atoms with Gasteiger partial charge in [-0.2, -0.15) is 0 Å². The molecule has 0 radical (unpaired) electrons. The molecule has 0 aliphatic carbocycles. The maximum absolute atomic E-state index is 11.2. The maximum atomic E-state index is 11.2.